The van der Waals surface area contributed by atoms with Gasteiger partial charge in [-0.3, -0.25) is 4.79 Å². The molecule has 1 rings (SSSR count). The molecule has 0 heterocycles. The van der Waals surface area contributed by atoms with Crippen molar-refractivity contribution >= 4 is 5.97 Å². The van der Waals surface area contributed by atoms with E-state index in [1.807, 2.05) is 0 Å². The molecule has 118 valence electrons. The second-order valence-corrected chi connectivity index (χ2v) is 4.56. The molecule has 4 nitrogen and oxygen atoms in total. The minimum absolute atomic E-state index is 0.182. The Balaban J connectivity index is 2.97. The highest BCUT2D eigenvalue weighted by atomic mass is 19.4. The predicted octanol–water partition coefficient (Wildman–Crippen LogP) is 2.97. The summed E-state index contributed by atoms with van der Waals surface area (Å²) in [6.45, 7) is 1.80. The molecule has 2 atom stereocenters. The first-order valence-electron chi connectivity index (χ1n) is 6.46. The van der Waals surface area contributed by atoms with E-state index in [-0.39, 0.29) is 18.1 Å². The van der Waals surface area contributed by atoms with Crippen LogP contribution in [0.5, 0.6) is 5.75 Å². The molecule has 0 spiro atoms. The number of alkyl halides is 3. The number of methoxy groups -OCH3 is 1. The van der Waals surface area contributed by atoms with Crippen LogP contribution in [0.1, 0.15) is 31.2 Å². The lowest BCUT2D eigenvalue weighted by Gasteiger charge is -2.22. The number of carbonyl (C=O) groups is 1. The first kappa shape index (κ1) is 17.3. The fourth-order valence-corrected chi connectivity index (χ4v) is 2.10. The van der Waals surface area contributed by atoms with Crippen molar-refractivity contribution in [1.82, 2.24) is 0 Å². The molecular weight excluding hydrogens is 287 g/mol. The quantitative estimate of drug-likeness (QED) is 0.821. The fraction of sp³-hybridized carbons (Fsp3) is 0.500. The van der Waals surface area contributed by atoms with Crippen LogP contribution in [0.4, 0.5) is 13.2 Å². The topological polar surface area (TPSA) is 61.6 Å². The first-order chi connectivity index (χ1) is 9.78. The molecule has 0 fully saturated rings. The summed E-state index contributed by atoms with van der Waals surface area (Å²) in [4.78, 5) is 11.3. The number of benzene rings is 1. The highest BCUT2D eigenvalue weighted by molar-refractivity contribution is 5.75. The van der Waals surface area contributed by atoms with E-state index < -0.39 is 18.4 Å². The molecule has 0 saturated carbocycles. The van der Waals surface area contributed by atoms with E-state index in [2.05, 4.69) is 9.47 Å². The molecule has 7 heteroatoms. The Morgan fingerprint density at radius 2 is 1.95 bits per heavy atom. The van der Waals surface area contributed by atoms with Gasteiger partial charge in [0.2, 0.25) is 0 Å². The predicted molar refractivity (Wildman–Crippen MR) is 70.8 cm³/mol. The largest absolute Gasteiger partial charge is 0.573 e. The number of esters is 1. The summed E-state index contributed by atoms with van der Waals surface area (Å²) in [5.74, 6) is -1.20. The molecule has 0 amide bonds. The lowest BCUT2D eigenvalue weighted by Crippen LogP contribution is -2.33. The smallest absolute Gasteiger partial charge is 0.468 e. The molecule has 0 aliphatic heterocycles. The molecule has 1 aromatic rings. The molecule has 2 unspecified atom stereocenters. The molecule has 0 saturated heterocycles. The van der Waals surface area contributed by atoms with Crippen molar-refractivity contribution in [2.75, 3.05) is 7.11 Å². The number of hydrogen-bond acceptors (Lipinski definition) is 4. The van der Waals surface area contributed by atoms with Gasteiger partial charge in [0.15, 0.2) is 0 Å². The van der Waals surface area contributed by atoms with Crippen LogP contribution in [0.15, 0.2) is 24.3 Å². The maximum atomic E-state index is 12.4. The van der Waals surface area contributed by atoms with Gasteiger partial charge in [-0.2, -0.15) is 0 Å². The lowest BCUT2D eigenvalue weighted by molar-refractivity contribution is -0.275. The van der Waals surface area contributed by atoms with E-state index in [4.69, 9.17) is 5.73 Å². The molecule has 0 bridgehead atoms. The van der Waals surface area contributed by atoms with Crippen molar-refractivity contribution in [1.29, 1.82) is 0 Å². The van der Waals surface area contributed by atoms with Crippen LogP contribution in [0.25, 0.3) is 0 Å². The third kappa shape index (κ3) is 5.26. The molecule has 0 aliphatic rings. The second-order valence-electron chi connectivity index (χ2n) is 4.56. The van der Waals surface area contributed by atoms with Gasteiger partial charge in [-0.25, -0.2) is 0 Å². The van der Waals surface area contributed by atoms with Crippen molar-refractivity contribution in [3.8, 4) is 5.75 Å². The van der Waals surface area contributed by atoms with Crippen LogP contribution in [-0.4, -0.2) is 25.5 Å². The van der Waals surface area contributed by atoms with Gasteiger partial charge in [-0.05, 0) is 30.4 Å². The summed E-state index contributed by atoms with van der Waals surface area (Å²) in [6, 6.07) is 4.97. The van der Waals surface area contributed by atoms with E-state index in [9.17, 15) is 18.0 Å². The van der Waals surface area contributed by atoms with Crippen LogP contribution in [0.3, 0.4) is 0 Å². The molecule has 0 aromatic heterocycles. The number of nitrogens with two attached hydrogens (primary N) is 1. The van der Waals surface area contributed by atoms with Gasteiger partial charge in [0, 0.05) is 0 Å². The number of halogens is 3. The number of hydrogen-bond donors (Lipinski definition) is 1. The number of carbonyl (C=O) groups excluding carboxylic acids is 1. The molecule has 21 heavy (non-hydrogen) atoms. The van der Waals surface area contributed by atoms with Crippen LogP contribution < -0.4 is 10.5 Å². The van der Waals surface area contributed by atoms with Gasteiger partial charge in [0.1, 0.15) is 11.8 Å². The lowest BCUT2D eigenvalue weighted by atomic mass is 9.89. The van der Waals surface area contributed by atoms with E-state index in [0.29, 0.717) is 12.0 Å². The van der Waals surface area contributed by atoms with Crippen LogP contribution in [0, 0.1) is 0 Å². The molecular formula is C14H18F3NO3. The SMILES string of the molecule is CCC(CC(N)C(=O)OC)c1ccccc1OC(F)(F)F. The minimum atomic E-state index is -4.77. The molecule has 1 aromatic carbocycles. The van der Waals surface area contributed by atoms with Gasteiger partial charge >= 0.3 is 12.3 Å². The third-order valence-electron chi connectivity index (χ3n) is 3.12. The van der Waals surface area contributed by atoms with E-state index in [1.165, 1.54) is 19.2 Å². The zero-order chi connectivity index (χ0) is 16.0. The fourth-order valence-electron chi connectivity index (χ4n) is 2.10. The van der Waals surface area contributed by atoms with E-state index in [0.717, 1.165) is 0 Å². The van der Waals surface area contributed by atoms with Crippen LogP contribution in [0.2, 0.25) is 0 Å². The summed E-state index contributed by atoms with van der Waals surface area (Å²) >= 11 is 0. The minimum Gasteiger partial charge on any atom is -0.468 e. The normalized spacial score (nSPS) is 14.4. The van der Waals surface area contributed by atoms with E-state index >= 15 is 0 Å². The summed E-state index contributed by atoms with van der Waals surface area (Å²) in [5.41, 5.74) is 6.05. The maximum absolute atomic E-state index is 12.4. The Morgan fingerprint density at radius 1 is 1.33 bits per heavy atom. The third-order valence-corrected chi connectivity index (χ3v) is 3.12. The van der Waals surface area contributed by atoms with Gasteiger partial charge in [-0.15, -0.1) is 13.2 Å². The highest BCUT2D eigenvalue weighted by Gasteiger charge is 2.33. The molecule has 0 aliphatic carbocycles. The van der Waals surface area contributed by atoms with Crippen molar-refractivity contribution < 1.29 is 27.4 Å². The van der Waals surface area contributed by atoms with Gasteiger partial charge in [-0.1, -0.05) is 25.1 Å². The average Bonchev–Trinajstić information content (AvgIpc) is 2.42. The van der Waals surface area contributed by atoms with Crippen molar-refractivity contribution in [3.05, 3.63) is 29.8 Å². The standard InChI is InChI=1S/C14H18F3NO3/c1-3-9(8-11(18)13(19)20-2)10-6-4-5-7-12(10)21-14(15,16)17/h4-7,9,11H,3,8,18H2,1-2H3. The van der Waals surface area contributed by atoms with Gasteiger partial charge < -0.3 is 15.2 Å². The summed E-state index contributed by atoms with van der Waals surface area (Å²) in [6.07, 6.45) is -4.07. The zero-order valence-electron chi connectivity index (χ0n) is 11.8. The first-order valence-corrected chi connectivity index (χ1v) is 6.46. The summed E-state index contributed by atoms with van der Waals surface area (Å²) in [7, 11) is 1.21. The second kappa shape index (κ2) is 7.31. The van der Waals surface area contributed by atoms with Crippen molar-refractivity contribution in [3.63, 3.8) is 0 Å². The monoisotopic (exact) mass is 305 g/mol. The van der Waals surface area contributed by atoms with Gasteiger partial charge in [0.05, 0.1) is 7.11 Å². The Kier molecular flexibility index (Phi) is 6.02. The highest BCUT2D eigenvalue weighted by Crippen LogP contribution is 2.35. The summed E-state index contributed by atoms with van der Waals surface area (Å²) in [5, 5.41) is 0. The van der Waals surface area contributed by atoms with Crippen LogP contribution in [-0.2, 0) is 9.53 Å². The van der Waals surface area contributed by atoms with Crippen molar-refractivity contribution in [2.24, 2.45) is 5.73 Å². The Bertz CT molecular complexity index is 477. The molecule has 2 N–H and O–H groups in total. The van der Waals surface area contributed by atoms with Crippen molar-refractivity contribution in [2.45, 2.75) is 38.1 Å². The average molecular weight is 305 g/mol. The van der Waals surface area contributed by atoms with Crippen LogP contribution >= 0.6 is 0 Å². The number of rotatable bonds is 6. The zero-order valence-corrected chi connectivity index (χ0v) is 11.8. The Labute approximate surface area is 121 Å². The maximum Gasteiger partial charge on any atom is 0.573 e. The number of para-hydroxylation sites is 1. The van der Waals surface area contributed by atoms with Gasteiger partial charge in [0.25, 0.3) is 0 Å². The molecule has 0 radical (unpaired) electrons. The Morgan fingerprint density at radius 3 is 2.48 bits per heavy atom. The van der Waals surface area contributed by atoms with E-state index in [1.54, 1.807) is 19.1 Å². The number of ether oxygens (including phenoxy) is 2. The summed E-state index contributed by atoms with van der Waals surface area (Å²) < 4.78 is 45.8. The Hall–Kier alpha value is -1.76.